The third kappa shape index (κ3) is 21.9. The van der Waals surface area contributed by atoms with Gasteiger partial charge in [-0.3, -0.25) is 23.2 Å². The van der Waals surface area contributed by atoms with E-state index in [0.29, 0.717) is 24.0 Å². The Morgan fingerprint density at radius 3 is 1.35 bits per heavy atom. The third-order valence-electron chi connectivity index (χ3n) is 12.9. The highest BCUT2D eigenvalue weighted by Crippen LogP contribution is 2.54. The molecule has 15 nitrogen and oxygen atoms in total. The average Bonchev–Trinajstić information content (AvgIpc) is 3.48. The Kier molecular flexibility index (Phi) is 26.9. The van der Waals surface area contributed by atoms with Gasteiger partial charge in [-0.15, -0.1) is 0 Å². The Labute approximate surface area is 454 Å². The van der Waals surface area contributed by atoms with E-state index < -0.39 is 81.9 Å². The number of benzene rings is 5. The van der Waals surface area contributed by atoms with Gasteiger partial charge < -0.3 is 38.3 Å². The number of rotatable bonds is 35. The molecule has 77 heavy (non-hydrogen) atoms. The van der Waals surface area contributed by atoms with Crippen molar-refractivity contribution in [2.45, 2.75) is 167 Å². The zero-order valence-electron chi connectivity index (χ0n) is 44.5. The smallest absolute Gasteiger partial charge is 0.462 e. The predicted octanol–water partition coefficient (Wildman–Crippen LogP) is 12.7. The lowest BCUT2D eigenvalue weighted by Gasteiger charge is -2.47. The first kappa shape index (κ1) is 60.5. The Balaban J connectivity index is 1.37. The van der Waals surface area contributed by atoms with Crippen molar-refractivity contribution < 1.29 is 70.8 Å². The summed E-state index contributed by atoms with van der Waals surface area (Å²) in [6.45, 7) is 2.60. The van der Waals surface area contributed by atoms with Crippen LogP contribution in [0.5, 0.6) is 0 Å². The van der Waals surface area contributed by atoms with E-state index in [9.17, 15) is 19.5 Å². The molecular weight excluding hydrogens is 1000 g/mol. The van der Waals surface area contributed by atoms with Gasteiger partial charge in [0.2, 0.25) is 0 Å². The van der Waals surface area contributed by atoms with Crippen LogP contribution in [0.15, 0.2) is 152 Å². The predicted molar refractivity (Wildman–Crippen MR) is 290 cm³/mol. The number of carbonyl (C=O) groups is 3. The number of ether oxygens (including phenoxy) is 7. The van der Waals surface area contributed by atoms with Crippen LogP contribution in [0.3, 0.4) is 0 Å². The summed E-state index contributed by atoms with van der Waals surface area (Å²) in [6.07, 6.45) is -2.02. The molecular formula is C61H77O15P. The van der Waals surface area contributed by atoms with Crippen molar-refractivity contribution in [3.63, 3.8) is 0 Å². The van der Waals surface area contributed by atoms with Crippen molar-refractivity contribution in [3.05, 3.63) is 179 Å². The van der Waals surface area contributed by atoms with Gasteiger partial charge in [-0.25, -0.2) is 9.36 Å². The van der Waals surface area contributed by atoms with E-state index >= 15 is 4.57 Å². The number of esters is 2. The molecule has 1 N–H and O–H groups in total. The summed E-state index contributed by atoms with van der Waals surface area (Å²) in [4.78, 5) is 40.4. The fourth-order valence-electron chi connectivity index (χ4n) is 8.64. The quantitative estimate of drug-likeness (QED) is 0.0175. The fraction of sp³-hybridized carbons (Fsp3) is 0.459. The molecule has 1 unspecified atom stereocenters. The van der Waals surface area contributed by atoms with Gasteiger partial charge in [0.05, 0.1) is 33.0 Å². The molecule has 5 aromatic rings. The molecule has 1 fully saturated rings. The second-order valence-electron chi connectivity index (χ2n) is 19.1. The van der Waals surface area contributed by atoms with Crippen molar-refractivity contribution in [1.82, 2.24) is 0 Å². The van der Waals surface area contributed by atoms with Crippen LogP contribution in [0.2, 0.25) is 0 Å². The Morgan fingerprint density at radius 2 is 0.870 bits per heavy atom. The molecule has 16 heteroatoms. The molecule has 0 radical (unpaired) electrons. The second kappa shape index (κ2) is 34.2. The molecule has 0 aromatic heterocycles. The highest BCUT2D eigenvalue weighted by Gasteiger charge is 2.57. The SMILES string of the molecule is CCCCCCCC(=O)OC[C@H](COP(=O)(OCc1ccccc1)O[C@@H]1[C@H](OCc2ccccc2)[C@H](OC(=O)OCc2ccccc2)[C@@H](OCc2ccccc2)[C@H](O)[C@H]1OCc1ccccc1)OC(=O)CCCCCCC. The van der Waals surface area contributed by atoms with E-state index in [2.05, 4.69) is 13.8 Å². The highest BCUT2D eigenvalue weighted by molar-refractivity contribution is 7.48. The van der Waals surface area contributed by atoms with E-state index in [0.717, 1.165) is 68.1 Å². The summed E-state index contributed by atoms with van der Waals surface area (Å²) in [5.74, 6) is -1.03. The third-order valence-corrected chi connectivity index (χ3v) is 14.3. The van der Waals surface area contributed by atoms with E-state index in [1.54, 1.807) is 36.4 Å². The van der Waals surface area contributed by atoms with E-state index in [4.69, 9.17) is 46.7 Å². The van der Waals surface area contributed by atoms with Gasteiger partial charge in [0.1, 0.15) is 43.7 Å². The van der Waals surface area contributed by atoms with Crippen LogP contribution in [0.25, 0.3) is 0 Å². The second-order valence-corrected chi connectivity index (χ2v) is 20.7. The number of phosphoric acid groups is 1. The Hall–Kier alpha value is -5.74. The fourth-order valence-corrected chi connectivity index (χ4v) is 10.0. The zero-order chi connectivity index (χ0) is 54.3. The lowest BCUT2D eigenvalue weighted by molar-refractivity contribution is -0.261. The van der Waals surface area contributed by atoms with Gasteiger partial charge >= 0.3 is 25.9 Å². The molecule has 8 atom stereocenters. The van der Waals surface area contributed by atoms with Crippen molar-refractivity contribution in [2.24, 2.45) is 0 Å². The molecule has 6 rings (SSSR count). The molecule has 0 amide bonds. The van der Waals surface area contributed by atoms with Crippen molar-refractivity contribution in [1.29, 1.82) is 0 Å². The maximum absolute atomic E-state index is 15.7. The monoisotopic (exact) mass is 1080 g/mol. The van der Waals surface area contributed by atoms with Gasteiger partial charge in [-0.05, 0) is 40.7 Å². The number of hydrogen-bond donors (Lipinski definition) is 1. The average molecular weight is 1080 g/mol. The molecule has 0 heterocycles. The standard InChI is InChI=1S/C61H77O15P/c1-3-5-7-9-26-38-53(62)67-45-52(74-54(63)39-27-10-8-6-4-2)46-73-77(66,72-44-51-36-24-15-25-37-51)76-60-57(69-41-48-30-18-12-19-31-48)55(64)56(68-40-47-28-16-11-17-29-47)59(58(60)70-42-49-32-20-13-21-33-49)75-61(65)71-43-50-34-22-14-23-35-50/h11-25,28-37,52,55-60,64H,3-10,26-27,38-46H2,1-2H3/t52-,55+,56+,57-,58-,59-,60+,77?/m1/s1. The summed E-state index contributed by atoms with van der Waals surface area (Å²) >= 11 is 0. The first-order valence-electron chi connectivity index (χ1n) is 27.1. The van der Waals surface area contributed by atoms with E-state index in [1.165, 1.54) is 0 Å². The van der Waals surface area contributed by atoms with Crippen LogP contribution in [-0.4, -0.2) is 79.1 Å². The molecule has 0 saturated heterocycles. The van der Waals surface area contributed by atoms with Crippen LogP contribution in [0.4, 0.5) is 4.79 Å². The summed E-state index contributed by atoms with van der Waals surface area (Å²) in [7, 11) is -4.96. The van der Waals surface area contributed by atoms with Crippen LogP contribution in [0.1, 0.15) is 119 Å². The zero-order valence-corrected chi connectivity index (χ0v) is 45.4. The first-order chi connectivity index (χ1) is 37.6. The molecule has 0 aliphatic heterocycles. The van der Waals surface area contributed by atoms with Gasteiger partial charge in [0, 0.05) is 12.8 Å². The highest BCUT2D eigenvalue weighted by atomic mass is 31.2. The lowest BCUT2D eigenvalue weighted by Crippen LogP contribution is -2.67. The maximum Gasteiger partial charge on any atom is 0.509 e. The Morgan fingerprint density at radius 1 is 0.455 bits per heavy atom. The van der Waals surface area contributed by atoms with Gasteiger partial charge in [-0.2, -0.15) is 0 Å². The van der Waals surface area contributed by atoms with Gasteiger partial charge in [-0.1, -0.05) is 217 Å². The number of unbranched alkanes of at least 4 members (excludes halogenated alkanes) is 8. The van der Waals surface area contributed by atoms with Crippen molar-refractivity contribution >= 4 is 25.9 Å². The van der Waals surface area contributed by atoms with Crippen LogP contribution >= 0.6 is 7.82 Å². The molecule has 0 spiro atoms. The molecule has 1 aliphatic rings. The minimum atomic E-state index is -4.96. The molecule has 416 valence electrons. The number of aliphatic hydroxyl groups excluding tert-OH is 1. The first-order valence-corrected chi connectivity index (χ1v) is 28.6. The van der Waals surface area contributed by atoms with Crippen LogP contribution in [-0.2, 0) is 93.9 Å². The summed E-state index contributed by atoms with van der Waals surface area (Å²) in [5.41, 5.74) is 3.50. The number of hydrogen-bond acceptors (Lipinski definition) is 15. The van der Waals surface area contributed by atoms with Crippen LogP contribution < -0.4 is 0 Å². The van der Waals surface area contributed by atoms with Crippen molar-refractivity contribution in [2.75, 3.05) is 13.2 Å². The summed E-state index contributed by atoms with van der Waals surface area (Å²) in [6, 6.07) is 45.6. The van der Waals surface area contributed by atoms with Gasteiger partial charge in [0.15, 0.2) is 12.2 Å². The minimum Gasteiger partial charge on any atom is -0.462 e. The molecule has 0 bridgehead atoms. The molecule has 1 aliphatic carbocycles. The largest absolute Gasteiger partial charge is 0.509 e. The normalized spacial score (nSPS) is 19.4. The van der Waals surface area contributed by atoms with Gasteiger partial charge in [0.25, 0.3) is 0 Å². The minimum absolute atomic E-state index is 0.0338. The van der Waals surface area contributed by atoms with Crippen molar-refractivity contribution in [3.8, 4) is 0 Å². The number of phosphoric ester groups is 1. The lowest BCUT2D eigenvalue weighted by atomic mass is 9.84. The molecule has 1 saturated carbocycles. The topological polar surface area (TPSA) is 181 Å². The van der Waals surface area contributed by atoms with Crippen LogP contribution in [0, 0.1) is 0 Å². The number of aliphatic hydroxyl groups is 1. The Bertz CT molecular complexity index is 2450. The number of carbonyl (C=O) groups excluding carboxylic acids is 3. The van der Waals surface area contributed by atoms with E-state index in [-0.39, 0.29) is 45.9 Å². The summed E-state index contributed by atoms with van der Waals surface area (Å²) in [5, 5.41) is 12.7. The molecule has 5 aromatic carbocycles. The van der Waals surface area contributed by atoms with E-state index in [1.807, 2.05) is 115 Å². The summed E-state index contributed by atoms with van der Waals surface area (Å²) < 4.78 is 78.1. The maximum atomic E-state index is 15.7.